The molecule has 1 heterocycles. The van der Waals surface area contributed by atoms with Crippen LogP contribution in [0.25, 0.3) is 0 Å². The fraction of sp³-hybridized carbons (Fsp3) is 0.333. The number of sulfonamides is 1. The average molecular weight is 432 g/mol. The first kappa shape index (κ1) is 21.6. The van der Waals surface area contributed by atoms with Crippen molar-refractivity contribution >= 4 is 33.1 Å². The number of nitrogens with zero attached hydrogens (tertiary/aromatic N) is 2. The van der Waals surface area contributed by atoms with E-state index in [0.29, 0.717) is 41.2 Å². The van der Waals surface area contributed by atoms with Gasteiger partial charge in [-0.05, 0) is 43.2 Å². The largest absolute Gasteiger partial charge is 0.497 e. The second-order valence-corrected chi connectivity index (χ2v) is 8.89. The highest BCUT2D eigenvalue weighted by atomic mass is 32.2. The van der Waals surface area contributed by atoms with Crippen LogP contribution < -0.4 is 19.7 Å². The van der Waals surface area contributed by atoms with Gasteiger partial charge >= 0.3 is 0 Å². The molecule has 0 radical (unpaired) electrons. The van der Waals surface area contributed by atoms with Gasteiger partial charge in [-0.2, -0.15) is 8.42 Å². The fourth-order valence-electron chi connectivity index (χ4n) is 3.22. The summed E-state index contributed by atoms with van der Waals surface area (Å²) in [7, 11) is -0.865. The zero-order chi connectivity index (χ0) is 22.1. The predicted molar refractivity (Wildman–Crippen MR) is 116 cm³/mol. The third kappa shape index (κ3) is 4.25. The number of benzene rings is 2. The van der Waals surface area contributed by atoms with Gasteiger partial charge in [-0.15, -0.1) is 4.40 Å². The summed E-state index contributed by atoms with van der Waals surface area (Å²) in [6.45, 7) is 6.37. The van der Waals surface area contributed by atoms with E-state index in [1.807, 2.05) is 18.7 Å². The van der Waals surface area contributed by atoms with Crippen LogP contribution in [0.15, 0.2) is 45.7 Å². The SMILES string of the molecule is COc1ccc(NC(=O)c2ccc3c(c2)S(=O)(=O)N=C(C)N3CC(C)C)c(OC)c1. The number of methoxy groups -OCH3 is 2. The van der Waals surface area contributed by atoms with Gasteiger partial charge in [0.2, 0.25) is 0 Å². The molecule has 3 rings (SSSR count). The summed E-state index contributed by atoms with van der Waals surface area (Å²) in [6, 6.07) is 9.60. The monoisotopic (exact) mass is 431 g/mol. The number of ether oxygens (including phenoxy) is 2. The zero-order valence-corrected chi connectivity index (χ0v) is 18.4. The van der Waals surface area contributed by atoms with Crippen LogP contribution in [0.2, 0.25) is 0 Å². The van der Waals surface area contributed by atoms with Crippen LogP contribution in [0.5, 0.6) is 11.5 Å². The third-order valence-corrected chi connectivity index (χ3v) is 6.03. The second-order valence-electron chi connectivity index (χ2n) is 7.32. The fourth-order valence-corrected chi connectivity index (χ4v) is 4.49. The van der Waals surface area contributed by atoms with Crippen LogP contribution in [-0.2, 0) is 10.0 Å². The molecule has 1 amide bonds. The van der Waals surface area contributed by atoms with E-state index in [9.17, 15) is 13.2 Å². The van der Waals surface area contributed by atoms with Crippen molar-refractivity contribution in [2.75, 3.05) is 31.0 Å². The number of hydrogen-bond donors (Lipinski definition) is 1. The highest BCUT2D eigenvalue weighted by Crippen LogP contribution is 2.34. The first-order valence-corrected chi connectivity index (χ1v) is 10.9. The number of carbonyl (C=O) groups excluding carboxylic acids is 1. The van der Waals surface area contributed by atoms with Gasteiger partial charge in [-0.3, -0.25) is 4.79 Å². The lowest BCUT2D eigenvalue weighted by atomic mass is 10.1. The molecule has 0 fully saturated rings. The van der Waals surface area contributed by atoms with Gasteiger partial charge in [-0.25, -0.2) is 0 Å². The summed E-state index contributed by atoms with van der Waals surface area (Å²) in [4.78, 5) is 14.7. The van der Waals surface area contributed by atoms with Crippen LogP contribution in [0.3, 0.4) is 0 Å². The summed E-state index contributed by atoms with van der Waals surface area (Å²) in [5, 5.41) is 2.75. The number of anilines is 2. The van der Waals surface area contributed by atoms with Crippen LogP contribution in [0, 0.1) is 5.92 Å². The molecule has 0 atom stereocenters. The molecule has 1 aliphatic heterocycles. The second kappa shape index (κ2) is 8.35. The van der Waals surface area contributed by atoms with Crippen molar-refractivity contribution in [3.05, 3.63) is 42.0 Å². The Hall–Kier alpha value is -3.07. The standard InChI is InChI=1S/C21H25N3O5S/c1-13(2)12-24-14(3)23-30(26,27)20-10-15(6-9-18(20)24)21(25)22-17-8-7-16(28-4)11-19(17)29-5/h6-11,13H,12H2,1-5H3,(H,22,25). The van der Waals surface area contributed by atoms with Gasteiger partial charge in [0.05, 0.1) is 25.6 Å². The molecule has 0 spiro atoms. The van der Waals surface area contributed by atoms with Crippen molar-refractivity contribution in [1.82, 2.24) is 0 Å². The van der Waals surface area contributed by atoms with E-state index >= 15 is 0 Å². The Balaban J connectivity index is 1.96. The molecular weight excluding hydrogens is 406 g/mol. The molecule has 2 aromatic rings. The predicted octanol–water partition coefficient (Wildman–Crippen LogP) is 3.54. The third-order valence-electron chi connectivity index (χ3n) is 4.64. The Bertz CT molecular complexity index is 1110. The maximum absolute atomic E-state index is 12.8. The van der Waals surface area contributed by atoms with Crippen LogP contribution in [0.1, 0.15) is 31.1 Å². The Kier molecular flexibility index (Phi) is 6.02. The van der Waals surface area contributed by atoms with E-state index in [1.54, 1.807) is 37.3 Å². The number of nitrogens with one attached hydrogen (secondary N) is 1. The molecule has 0 bridgehead atoms. The molecule has 0 aromatic heterocycles. The van der Waals surface area contributed by atoms with E-state index in [1.165, 1.54) is 20.3 Å². The molecule has 30 heavy (non-hydrogen) atoms. The van der Waals surface area contributed by atoms with Crippen molar-refractivity contribution in [3.8, 4) is 11.5 Å². The Morgan fingerprint density at radius 3 is 2.50 bits per heavy atom. The van der Waals surface area contributed by atoms with Crippen LogP contribution in [0.4, 0.5) is 11.4 Å². The van der Waals surface area contributed by atoms with E-state index in [4.69, 9.17) is 9.47 Å². The Labute approximate surface area is 176 Å². The smallest absolute Gasteiger partial charge is 0.286 e. The maximum atomic E-state index is 12.8. The maximum Gasteiger partial charge on any atom is 0.286 e. The van der Waals surface area contributed by atoms with Crippen molar-refractivity contribution in [2.45, 2.75) is 25.7 Å². The van der Waals surface area contributed by atoms with Gasteiger partial charge in [-0.1, -0.05) is 13.8 Å². The van der Waals surface area contributed by atoms with Gasteiger partial charge in [0.15, 0.2) is 0 Å². The number of amides is 1. The molecule has 0 aliphatic carbocycles. The van der Waals surface area contributed by atoms with Gasteiger partial charge < -0.3 is 19.7 Å². The average Bonchev–Trinajstić information content (AvgIpc) is 2.70. The van der Waals surface area contributed by atoms with Gasteiger partial charge in [0.25, 0.3) is 15.9 Å². The van der Waals surface area contributed by atoms with E-state index in [0.717, 1.165) is 0 Å². The lowest BCUT2D eigenvalue weighted by molar-refractivity contribution is 0.102. The van der Waals surface area contributed by atoms with Crippen LogP contribution in [-0.4, -0.2) is 40.9 Å². The molecule has 0 unspecified atom stereocenters. The van der Waals surface area contributed by atoms with E-state index < -0.39 is 15.9 Å². The highest BCUT2D eigenvalue weighted by Gasteiger charge is 2.30. The molecule has 0 saturated carbocycles. The summed E-state index contributed by atoms with van der Waals surface area (Å²) >= 11 is 0. The first-order chi connectivity index (χ1) is 14.2. The molecular formula is C21H25N3O5S. The molecule has 1 N–H and O–H groups in total. The summed E-state index contributed by atoms with van der Waals surface area (Å²) in [5.74, 6) is 1.27. The molecule has 160 valence electrons. The quantitative estimate of drug-likeness (QED) is 0.751. The number of rotatable bonds is 6. The Morgan fingerprint density at radius 1 is 1.13 bits per heavy atom. The van der Waals surface area contributed by atoms with Crippen molar-refractivity contribution < 1.29 is 22.7 Å². The molecule has 2 aromatic carbocycles. The minimum Gasteiger partial charge on any atom is -0.497 e. The first-order valence-electron chi connectivity index (χ1n) is 9.42. The number of amidine groups is 1. The normalized spacial score (nSPS) is 14.7. The topological polar surface area (TPSA) is 97.3 Å². The van der Waals surface area contributed by atoms with E-state index in [2.05, 4.69) is 9.71 Å². The molecule has 8 nitrogen and oxygen atoms in total. The summed E-state index contributed by atoms with van der Waals surface area (Å²) in [6.07, 6.45) is 0. The van der Waals surface area contributed by atoms with Crippen molar-refractivity contribution in [2.24, 2.45) is 10.3 Å². The Morgan fingerprint density at radius 2 is 1.87 bits per heavy atom. The minimum absolute atomic E-state index is 0.0168. The van der Waals surface area contributed by atoms with Gasteiger partial charge in [0.1, 0.15) is 22.2 Å². The van der Waals surface area contributed by atoms with E-state index in [-0.39, 0.29) is 10.5 Å². The van der Waals surface area contributed by atoms with Crippen LogP contribution >= 0.6 is 0 Å². The lowest BCUT2D eigenvalue weighted by Gasteiger charge is -2.30. The minimum atomic E-state index is -3.89. The summed E-state index contributed by atoms with van der Waals surface area (Å²) < 4.78 is 39.6. The molecule has 1 aliphatic rings. The highest BCUT2D eigenvalue weighted by molar-refractivity contribution is 7.90. The van der Waals surface area contributed by atoms with Gasteiger partial charge in [0, 0.05) is 18.2 Å². The number of carbonyl (C=O) groups is 1. The number of hydrogen-bond acceptors (Lipinski definition) is 6. The number of fused-ring (bicyclic) bond motifs is 1. The molecule has 0 saturated heterocycles. The van der Waals surface area contributed by atoms with Crippen molar-refractivity contribution in [3.63, 3.8) is 0 Å². The molecule has 9 heteroatoms. The lowest BCUT2D eigenvalue weighted by Crippen LogP contribution is -2.36. The summed E-state index contributed by atoms with van der Waals surface area (Å²) in [5.41, 5.74) is 1.17. The zero-order valence-electron chi connectivity index (χ0n) is 17.6. The van der Waals surface area contributed by atoms with Crippen molar-refractivity contribution in [1.29, 1.82) is 0 Å².